The molecule has 0 unspecified atom stereocenters. The number of fused-ring (bicyclic) bond motifs is 2. The van der Waals surface area contributed by atoms with Gasteiger partial charge in [-0.25, -0.2) is 9.59 Å². The van der Waals surface area contributed by atoms with Gasteiger partial charge in [0, 0.05) is 12.1 Å². The molecule has 4 aromatic carbocycles. The lowest BCUT2D eigenvalue weighted by molar-refractivity contribution is 0.0653. The van der Waals surface area contributed by atoms with E-state index >= 15 is 0 Å². The Kier molecular flexibility index (Phi) is 8.07. The Balaban J connectivity index is 1.07. The highest BCUT2D eigenvalue weighted by molar-refractivity contribution is 5.90. The summed E-state index contributed by atoms with van der Waals surface area (Å²) in [6.07, 6.45) is 0. The number of rotatable bonds is 10. The van der Waals surface area contributed by atoms with Crippen molar-refractivity contribution in [2.24, 2.45) is 10.2 Å². The average molecular weight is 619 g/mol. The van der Waals surface area contributed by atoms with Gasteiger partial charge in [-0.3, -0.25) is 9.59 Å². The second-order valence-corrected chi connectivity index (χ2v) is 9.93. The molecule has 2 aromatic heterocycles. The molecule has 0 aliphatic rings. The minimum atomic E-state index is -1.33. The predicted octanol–water partition coefficient (Wildman–Crippen LogP) is 6.87. The second kappa shape index (κ2) is 12.6. The van der Waals surface area contributed by atoms with Crippen LogP contribution in [0.25, 0.3) is 21.9 Å². The van der Waals surface area contributed by atoms with E-state index in [0.717, 1.165) is 23.3 Å². The Labute approximate surface area is 258 Å². The zero-order valence-electron chi connectivity index (χ0n) is 23.7. The van der Waals surface area contributed by atoms with Crippen molar-refractivity contribution in [3.8, 4) is 11.5 Å². The molecule has 0 aliphatic heterocycles. The topological polar surface area (TPSA) is 178 Å². The van der Waals surface area contributed by atoms with E-state index in [1.54, 1.807) is 72.8 Å². The van der Waals surface area contributed by atoms with E-state index in [9.17, 15) is 19.2 Å². The fourth-order valence-electron chi connectivity index (χ4n) is 4.56. The maximum absolute atomic E-state index is 12.5. The Hall–Kier alpha value is -6.56. The van der Waals surface area contributed by atoms with Gasteiger partial charge in [-0.2, -0.15) is 10.2 Å². The molecular formula is C34H22N2O10. The highest BCUT2D eigenvalue weighted by Gasteiger charge is 2.15. The molecule has 46 heavy (non-hydrogen) atoms. The molecule has 6 aromatic rings. The molecule has 0 fully saturated rings. The average Bonchev–Trinajstić information content (AvgIpc) is 3.06. The lowest BCUT2D eigenvalue weighted by Gasteiger charge is -2.09. The molecule has 0 amide bonds. The van der Waals surface area contributed by atoms with Gasteiger partial charge in [-0.15, -0.1) is 0 Å². The summed E-state index contributed by atoms with van der Waals surface area (Å²) in [6.45, 7) is 0.292. The van der Waals surface area contributed by atoms with Gasteiger partial charge in [0.1, 0.15) is 46.7 Å². The van der Waals surface area contributed by atoms with Crippen molar-refractivity contribution < 1.29 is 38.1 Å². The maximum atomic E-state index is 12.5. The van der Waals surface area contributed by atoms with E-state index in [0.29, 0.717) is 11.4 Å². The molecule has 228 valence electrons. The molecule has 2 N–H and O–H groups in total. The third-order valence-corrected chi connectivity index (χ3v) is 6.80. The molecule has 12 heteroatoms. The maximum Gasteiger partial charge on any atom is 0.371 e. The number of benzene rings is 4. The summed E-state index contributed by atoms with van der Waals surface area (Å²) < 4.78 is 22.3. The molecule has 0 radical (unpaired) electrons. The summed E-state index contributed by atoms with van der Waals surface area (Å²) in [7, 11) is 0. The number of nitrogens with zero attached hydrogens (tertiary/aromatic N) is 2. The lowest BCUT2D eigenvalue weighted by Crippen LogP contribution is -2.08. The van der Waals surface area contributed by atoms with Crippen LogP contribution in [0.5, 0.6) is 11.5 Å². The number of hydrogen-bond donors (Lipinski definition) is 2. The highest BCUT2D eigenvalue weighted by atomic mass is 16.5. The van der Waals surface area contributed by atoms with E-state index in [4.69, 9.17) is 28.5 Å². The fourth-order valence-corrected chi connectivity index (χ4v) is 4.56. The summed E-state index contributed by atoms with van der Waals surface area (Å²) in [6, 6.07) is 25.6. The summed E-state index contributed by atoms with van der Waals surface area (Å²) in [4.78, 5) is 47.4. The second-order valence-electron chi connectivity index (χ2n) is 9.93. The van der Waals surface area contributed by atoms with Crippen molar-refractivity contribution in [1.82, 2.24) is 0 Å². The van der Waals surface area contributed by atoms with Crippen LogP contribution in [0.15, 0.2) is 126 Å². The predicted molar refractivity (Wildman–Crippen MR) is 165 cm³/mol. The molecule has 0 saturated heterocycles. The van der Waals surface area contributed by atoms with Gasteiger partial charge in [0.2, 0.25) is 11.5 Å². The van der Waals surface area contributed by atoms with Gasteiger partial charge in [-0.05, 0) is 59.7 Å². The molecule has 12 nitrogen and oxygen atoms in total. The standard InChI is InChI=1S/C34H22N2O10/c37-23-15-29(33(39)40)45-27-5-1-3-25(31(23)27)43-17-19-7-11-21(12-8-19)35-36-22-13-9-20(10-14-22)18-44-26-4-2-6-28-32(26)24(38)16-30(46-28)34(41)42/h1-16H,17-18H2,(H,39,40)(H,41,42). The van der Waals surface area contributed by atoms with Gasteiger partial charge in [-0.1, -0.05) is 36.4 Å². The van der Waals surface area contributed by atoms with Crippen molar-refractivity contribution in [2.75, 3.05) is 0 Å². The number of azo groups is 1. The van der Waals surface area contributed by atoms with Gasteiger partial charge >= 0.3 is 11.9 Å². The fraction of sp³-hybridized carbons (Fsp3) is 0.0588. The van der Waals surface area contributed by atoms with Crippen molar-refractivity contribution in [3.05, 3.63) is 140 Å². The first-order chi connectivity index (χ1) is 22.2. The molecule has 0 spiro atoms. The van der Waals surface area contributed by atoms with E-state index in [1.165, 1.54) is 12.1 Å². The minimum absolute atomic E-state index is 0.121. The third-order valence-electron chi connectivity index (χ3n) is 6.80. The van der Waals surface area contributed by atoms with Crippen LogP contribution in [0.3, 0.4) is 0 Å². The Morgan fingerprint density at radius 3 is 1.35 bits per heavy atom. The van der Waals surface area contributed by atoms with Crippen LogP contribution < -0.4 is 20.3 Å². The number of ether oxygens (including phenoxy) is 2. The smallest absolute Gasteiger partial charge is 0.371 e. The van der Waals surface area contributed by atoms with Crippen LogP contribution in [0, 0.1) is 0 Å². The summed E-state index contributed by atoms with van der Waals surface area (Å²) >= 11 is 0. The summed E-state index contributed by atoms with van der Waals surface area (Å²) in [5.74, 6) is -3.01. The van der Waals surface area contributed by atoms with E-state index < -0.39 is 34.3 Å². The molecular weight excluding hydrogens is 596 g/mol. The Morgan fingerprint density at radius 1 is 0.587 bits per heavy atom. The van der Waals surface area contributed by atoms with E-state index in [2.05, 4.69) is 10.2 Å². The molecule has 2 heterocycles. The van der Waals surface area contributed by atoms with Crippen molar-refractivity contribution in [2.45, 2.75) is 13.2 Å². The lowest BCUT2D eigenvalue weighted by atomic mass is 10.2. The largest absolute Gasteiger partial charge is 0.488 e. The molecule has 6 rings (SSSR count). The van der Waals surface area contributed by atoms with Gasteiger partial charge in [0.05, 0.1) is 11.4 Å². The minimum Gasteiger partial charge on any atom is -0.488 e. The highest BCUT2D eigenvalue weighted by Crippen LogP contribution is 2.27. The van der Waals surface area contributed by atoms with Gasteiger partial charge in [0.15, 0.2) is 10.9 Å². The Bertz CT molecular complexity index is 2090. The normalized spacial score (nSPS) is 11.2. The summed E-state index contributed by atoms with van der Waals surface area (Å²) in [5.41, 5.74) is 2.03. The van der Waals surface area contributed by atoms with Crippen molar-refractivity contribution >= 4 is 45.3 Å². The number of carboxylic acids is 2. The third kappa shape index (κ3) is 6.36. The van der Waals surface area contributed by atoms with Crippen molar-refractivity contribution in [3.63, 3.8) is 0 Å². The van der Waals surface area contributed by atoms with Crippen LogP contribution in [0.4, 0.5) is 11.4 Å². The zero-order valence-corrected chi connectivity index (χ0v) is 23.7. The molecule has 0 bridgehead atoms. The van der Waals surface area contributed by atoms with Gasteiger partial charge in [0.25, 0.3) is 0 Å². The van der Waals surface area contributed by atoms with E-state index in [1.807, 2.05) is 0 Å². The van der Waals surface area contributed by atoms with Crippen LogP contribution in [-0.4, -0.2) is 22.2 Å². The Morgan fingerprint density at radius 2 is 0.978 bits per heavy atom. The zero-order chi connectivity index (χ0) is 32.2. The number of hydrogen-bond acceptors (Lipinski definition) is 10. The van der Waals surface area contributed by atoms with Crippen LogP contribution in [0.2, 0.25) is 0 Å². The SMILES string of the molecule is O=C(O)c1cc(=O)c2c(OCc3ccc(N=Nc4ccc(COc5cccc6oc(C(=O)O)cc(=O)c56)cc4)cc3)cccc2o1. The molecule has 0 aliphatic carbocycles. The summed E-state index contributed by atoms with van der Waals surface area (Å²) in [5, 5.41) is 27.1. The first kappa shape index (κ1) is 29.5. The quantitative estimate of drug-likeness (QED) is 0.154. The van der Waals surface area contributed by atoms with Crippen molar-refractivity contribution in [1.29, 1.82) is 0 Å². The molecule has 0 saturated carbocycles. The number of carboxylic acid groups (broad SMARTS) is 2. The molecule has 0 atom stereocenters. The van der Waals surface area contributed by atoms with Gasteiger partial charge < -0.3 is 28.5 Å². The first-order valence-corrected chi connectivity index (χ1v) is 13.7. The van der Waals surface area contributed by atoms with Crippen LogP contribution in [0.1, 0.15) is 32.2 Å². The monoisotopic (exact) mass is 618 g/mol. The van der Waals surface area contributed by atoms with Crippen LogP contribution in [-0.2, 0) is 13.2 Å². The van der Waals surface area contributed by atoms with Crippen LogP contribution >= 0.6 is 0 Å². The first-order valence-electron chi connectivity index (χ1n) is 13.7. The van der Waals surface area contributed by atoms with E-state index in [-0.39, 0.29) is 46.7 Å². The number of aromatic carboxylic acids is 2. The number of carbonyl (C=O) groups is 2.